The summed E-state index contributed by atoms with van der Waals surface area (Å²) in [6.07, 6.45) is 0. The van der Waals surface area contributed by atoms with Gasteiger partial charge in [-0.3, -0.25) is 0 Å². The number of hydrogen-bond donors (Lipinski definition) is 1. The molecule has 0 aliphatic rings. The molecule has 66 valence electrons. The summed E-state index contributed by atoms with van der Waals surface area (Å²) >= 11 is 4.37. The first-order valence-corrected chi connectivity index (χ1v) is 4.91. The van der Waals surface area contributed by atoms with Gasteiger partial charge in [0.1, 0.15) is 0 Å². The minimum atomic E-state index is 0.339. The van der Waals surface area contributed by atoms with Gasteiger partial charge < -0.3 is 0 Å². The molecule has 0 bridgehead atoms. The maximum atomic E-state index is 4.37. The van der Waals surface area contributed by atoms with Crippen molar-refractivity contribution in [2.75, 3.05) is 0 Å². The maximum Gasteiger partial charge on any atom is 0.0238 e. The first-order chi connectivity index (χ1) is 5.61. The molecule has 0 nitrogen and oxygen atoms in total. The normalized spacial score (nSPS) is 13.4. The molecule has 12 heavy (non-hydrogen) atoms. The summed E-state index contributed by atoms with van der Waals surface area (Å²) in [7, 11) is 0. The van der Waals surface area contributed by atoms with Crippen molar-refractivity contribution >= 4 is 12.6 Å². The van der Waals surface area contributed by atoms with Crippen molar-refractivity contribution in [3.8, 4) is 0 Å². The van der Waals surface area contributed by atoms with E-state index >= 15 is 0 Å². The lowest BCUT2D eigenvalue weighted by atomic mass is 10.0. The molecule has 1 unspecified atom stereocenters. The predicted octanol–water partition coefficient (Wildman–Crippen LogP) is 3.80. The molecule has 0 heterocycles. The maximum absolute atomic E-state index is 4.37. The third kappa shape index (κ3) is 2.28. The molecule has 0 amide bonds. The van der Waals surface area contributed by atoms with Crippen molar-refractivity contribution in [2.24, 2.45) is 0 Å². The third-order valence-electron chi connectivity index (χ3n) is 2.09. The highest BCUT2D eigenvalue weighted by Gasteiger charge is 2.01. The predicted molar refractivity (Wildman–Crippen MR) is 57.9 cm³/mol. The highest BCUT2D eigenvalue weighted by molar-refractivity contribution is 7.80. The largest absolute Gasteiger partial charge is 0.171 e. The van der Waals surface area contributed by atoms with E-state index in [1.807, 2.05) is 0 Å². The van der Waals surface area contributed by atoms with Gasteiger partial charge in [0.05, 0.1) is 0 Å². The first-order valence-electron chi connectivity index (χ1n) is 4.39. The molecule has 1 heteroatoms. The van der Waals surface area contributed by atoms with Gasteiger partial charge in [0.25, 0.3) is 0 Å². The Morgan fingerprint density at radius 2 is 1.33 bits per heavy atom. The van der Waals surface area contributed by atoms with Crippen molar-refractivity contribution in [3.63, 3.8) is 0 Å². The Morgan fingerprint density at radius 1 is 0.917 bits per heavy atom. The number of benzene rings is 1. The summed E-state index contributed by atoms with van der Waals surface area (Å²) in [4.78, 5) is 0. The van der Waals surface area contributed by atoms with Gasteiger partial charge in [-0.1, -0.05) is 38.1 Å². The standard InChI is InChI=1S/C11H16S/c1-8(2)10-4-6-11(7-5-10)9(3)12/h4-9,12H,1-3H3. The molecule has 0 aliphatic heterocycles. The molecule has 0 radical (unpaired) electrons. The Hall–Kier alpha value is -0.430. The van der Waals surface area contributed by atoms with E-state index in [9.17, 15) is 0 Å². The minimum absolute atomic E-state index is 0.339. The average molecular weight is 180 g/mol. The molecule has 0 N–H and O–H groups in total. The quantitative estimate of drug-likeness (QED) is 0.657. The van der Waals surface area contributed by atoms with Crippen LogP contribution in [-0.4, -0.2) is 0 Å². The van der Waals surface area contributed by atoms with Gasteiger partial charge in [0.2, 0.25) is 0 Å². The van der Waals surface area contributed by atoms with E-state index in [-0.39, 0.29) is 0 Å². The molecule has 0 aromatic heterocycles. The van der Waals surface area contributed by atoms with Crippen LogP contribution in [0.3, 0.4) is 0 Å². The number of thiol groups is 1. The third-order valence-corrected chi connectivity index (χ3v) is 2.38. The van der Waals surface area contributed by atoms with E-state index in [2.05, 4.69) is 57.7 Å². The summed E-state index contributed by atoms with van der Waals surface area (Å²) in [6.45, 7) is 6.51. The average Bonchev–Trinajstić information content (AvgIpc) is 2.04. The number of hydrogen-bond acceptors (Lipinski definition) is 1. The van der Waals surface area contributed by atoms with Crippen LogP contribution in [0, 0.1) is 0 Å². The molecule has 0 saturated carbocycles. The molecule has 1 aromatic carbocycles. The summed E-state index contributed by atoms with van der Waals surface area (Å²) in [5, 5.41) is 0.339. The topological polar surface area (TPSA) is 0 Å². The molecule has 0 fully saturated rings. The highest BCUT2D eigenvalue weighted by atomic mass is 32.1. The van der Waals surface area contributed by atoms with Gasteiger partial charge in [0, 0.05) is 5.25 Å². The van der Waals surface area contributed by atoms with Gasteiger partial charge in [-0.15, -0.1) is 0 Å². The van der Waals surface area contributed by atoms with E-state index in [1.165, 1.54) is 11.1 Å². The Labute approximate surface area is 80.4 Å². The lowest BCUT2D eigenvalue weighted by Gasteiger charge is -2.08. The molecule has 0 aliphatic carbocycles. The fourth-order valence-corrected chi connectivity index (χ4v) is 1.33. The molecule has 1 atom stereocenters. The summed E-state index contributed by atoms with van der Waals surface area (Å²) in [5.41, 5.74) is 2.69. The Balaban J connectivity index is 2.86. The molecule has 0 spiro atoms. The molecular formula is C11H16S. The lowest BCUT2D eigenvalue weighted by molar-refractivity contribution is 0.864. The monoisotopic (exact) mass is 180 g/mol. The van der Waals surface area contributed by atoms with Crippen molar-refractivity contribution in [2.45, 2.75) is 31.9 Å². The highest BCUT2D eigenvalue weighted by Crippen LogP contribution is 2.21. The van der Waals surface area contributed by atoms with Crippen molar-refractivity contribution in [3.05, 3.63) is 35.4 Å². The van der Waals surface area contributed by atoms with E-state index in [1.54, 1.807) is 0 Å². The van der Waals surface area contributed by atoms with Crippen molar-refractivity contribution in [1.82, 2.24) is 0 Å². The molecule has 0 saturated heterocycles. The van der Waals surface area contributed by atoms with Crippen LogP contribution < -0.4 is 0 Å². The van der Waals surface area contributed by atoms with Crippen molar-refractivity contribution < 1.29 is 0 Å². The zero-order valence-electron chi connectivity index (χ0n) is 7.91. The van der Waals surface area contributed by atoms with E-state index in [0.29, 0.717) is 11.2 Å². The van der Waals surface area contributed by atoms with Crippen LogP contribution in [0.15, 0.2) is 24.3 Å². The first kappa shape index (κ1) is 9.66. The van der Waals surface area contributed by atoms with Crippen LogP contribution in [0.5, 0.6) is 0 Å². The van der Waals surface area contributed by atoms with Crippen LogP contribution in [0.4, 0.5) is 0 Å². The minimum Gasteiger partial charge on any atom is -0.171 e. The van der Waals surface area contributed by atoms with Gasteiger partial charge in [0.15, 0.2) is 0 Å². The van der Waals surface area contributed by atoms with Crippen molar-refractivity contribution in [1.29, 1.82) is 0 Å². The van der Waals surface area contributed by atoms with Gasteiger partial charge in [-0.25, -0.2) is 0 Å². The van der Waals surface area contributed by atoms with Crippen LogP contribution in [0.25, 0.3) is 0 Å². The molecule has 1 aromatic rings. The fourth-order valence-electron chi connectivity index (χ4n) is 1.16. The Morgan fingerprint density at radius 3 is 1.67 bits per heavy atom. The van der Waals surface area contributed by atoms with E-state index < -0.39 is 0 Å². The van der Waals surface area contributed by atoms with Crippen LogP contribution >= 0.6 is 12.6 Å². The summed E-state index contributed by atoms with van der Waals surface area (Å²) in [6, 6.07) is 8.69. The van der Waals surface area contributed by atoms with Crippen LogP contribution in [0.2, 0.25) is 0 Å². The lowest BCUT2D eigenvalue weighted by Crippen LogP contribution is -1.89. The second-order valence-corrected chi connectivity index (χ2v) is 4.27. The molecular weight excluding hydrogens is 164 g/mol. The van der Waals surface area contributed by atoms with Crippen LogP contribution in [-0.2, 0) is 0 Å². The smallest absolute Gasteiger partial charge is 0.0238 e. The van der Waals surface area contributed by atoms with Gasteiger partial charge >= 0.3 is 0 Å². The van der Waals surface area contributed by atoms with Gasteiger partial charge in [-0.2, -0.15) is 12.6 Å². The summed E-state index contributed by atoms with van der Waals surface area (Å²) < 4.78 is 0. The Bertz CT molecular complexity index is 207. The van der Waals surface area contributed by atoms with E-state index in [4.69, 9.17) is 0 Å². The fraction of sp³-hybridized carbons (Fsp3) is 0.455. The van der Waals surface area contributed by atoms with Crippen LogP contribution in [0.1, 0.15) is 43.1 Å². The zero-order chi connectivity index (χ0) is 9.14. The molecule has 1 rings (SSSR count). The zero-order valence-corrected chi connectivity index (χ0v) is 8.81. The number of rotatable bonds is 2. The Kier molecular flexibility index (Phi) is 3.21. The van der Waals surface area contributed by atoms with E-state index in [0.717, 1.165) is 0 Å². The second-order valence-electron chi connectivity index (χ2n) is 3.50. The SMILES string of the molecule is CC(C)c1ccc(C(C)S)cc1. The second kappa shape index (κ2) is 3.99. The summed E-state index contributed by atoms with van der Waals surface area (Å²) in [5.74, 6) is 0.620. The van der Waals surface area contributed by atoms with Gasteiger partial charge in [-0.05, 0) is 24.0 Å².